The van der Waals surface area contributed by atoms with E-state index < -0.39 is 15.6 Å². The second kappa shape index (κ2) is 7.34. The third-order valence-corrected chi connectivity index (χ3v) is 7.46. The molecule has 0 saturated carbocycles. The summed E-state index contributed by atoms with van der Waals surface area (Å²) in [4.78, 5) is 4.56. The van der Waals surface area contributed by atoms with Gasteiger partial charge in [0.25, 0.3) is 10.0 Å². The molecule has 154 valence electrons. The minimum atomic E-state index is -3.89. The Morgan fingerprint density at radius 3 is 2.23 bits per heavy atom. The molecule has 0 spiro atoms. The van der Waals surface area contributed by atoms with Gasteiger partial charge in [-0.15, -0.1) is 0 Å². The highest BCUT2D eigenvalue weighted by Crippen LogP contribution is 2.35. The topological polar surface area (TPSA) is 72.2 Å². The molecule has 30 heavy (non-hydrogen) atoms. The van der Waals surface area contributed by atoms with E-state index in [0.717, 1.165) is 15.6 Å². The highest BCUT2D eigenvalue weighted by Gasteiger charge is 2.26. The molecule has 0 aliphatic rings. The van der Waals surface area contributed by atoms with Crippen molar-refractivity contribution in [2.24, 2.45) is 0 Å². The number of hydrogen-bond acceptors (Lipinski definition) is 4. The summed E-state index contributed by atoms with van der Waals surface area (Å²) in [5, 5.41) is 10.9. The van der Waals surface area contributed by atoms with Crippen molar-refractivity contribution in [1.82, 2.24) is 8.96 Å². The molecule has 0 aliphatic heterocycles. The van der Waals surface area contributed by atoms with E-state index >= 15 is 0 Å². The van der Waals surface area contributed by atoms with E-state index in [1.54, 1.807) is 62.5 Å². The van der Waals surface area contributed by atoms with Crippen LogP contribution in [0, 0.1) is 6.92 Å². The van der Waals surface area contributed by atoms with Gasteiger partial charge in [0, 0.05) is 16.1 Å². The highest BCUT2D eigenvalue weighted by atomic mass is 79.9. The molecular formula is C23H21BrN2O3S. The average molecular weight is 485 g/mol. The van der Waals surface area contributed by atoms with Crippen LogP contribution in [0.2, 0.25) is 0 Å². The van der Waals surface area contributed by atoms with Gasteiger partial charge in [0.1, 0.15) is 0 Å². The number of aromatic nitrogens is 2. The van der Waals surface area contributed by atoms with Crippen molar-refractivity contribution in [1.29, 1.82) is 0 Å². The van der Waals surface area contributed by atoms with Gasteiger partial charge in [-0.3, -0.25) is 0 Å². The number of pyridine rings is 1. The van der Waals surface area contributed by atoms with Gasteiger partial charge in [-0.25, -0.2) is 17.4 Å². The van der Waals surface area contributed by atoms with E-state index in [0.29, 0.717) is 22.3 Å². The quantitative estimate of drug-likeness (QED) is 0.429. The molecule has 0 bridgehead atoms. The Labute approximate surface area is 184 Å². The molecule has 0 radical (unpaired) electrons. The third kappa shape index (κ3) is 3.57. The molecule has 7 heteroatoms. The van der Waals surface area contributed by atoms with E-state index in [1.165, 1.54) is 3.97 Å². The first-order valence-electron chi connectivity index (χ1n) is 9.40. The molecule has 0 amide bonds. The van der Waals surface area contributed by atoms with Gasteiger partial charge < -0.3 is 5.11 Å². The lowest BCUT2D eigenvalue weighted by molar-refractivity contribution is 0.0786. The van der Waals surface area contributed by atoms with E-state index in [9.17, 15) is 13.5 Å². The van der Waals surface area contributed by atoms with Gasteiger partial charge in [0.15, 0.2) is 5.65 Å². The Kier molecular flexibility index (Phi) is 5.08. The molecule has 4 rings (SSSR count). The predicted molar refractivity (Wildman–Crippen MR) is 122 cm³/mol. The minimum Gasteiger partial charge on any atom is -0.386 e. The van der Waals surface area contributed by atoms with Crippen LogP contribution in [0.25, 0.3) is 22.3 Å². The summed E-state index contributed by atoms with van der Waals surface area (Å²) in [6.07, 6.45) is 1.58. The average Bonchev–Trinajstić information content (AvgIpc) is 3.09. The largest absolute Gasteiger partial charge is 0.386 e. The zero-order chi connectivity index (χ0) is 21.7. The van der Waals surface area contributed by atoms with Crippen LogP contribution in [0.15, 0.2) is 76.2 Å². The third-order valence-electron chi connectivity index (χ3n) is 5.05. The van der Waals surface area contributed by atoms with Crippen molar-refractivity contribution in [3.63, 3.8) is 0 Å². The number of aliphatic hydroxyl groups is 1. The SMILES string of the molecule is Cc1ccc(S(=O)(=O)n2c(-c3ccc(C(C)(C)O)cc3)cc3c(Br)ccnc32)cc1. The van der Waals surface area contributed by atoms with Gasteiger partial charge in [-0.2, -0.15) is 0 Å². The molecule has 5 nitrogen and oxygen atoms in total. The number of halogens is 1. The molecule has 2 aromatic carbocycles. The summed E-state index contributed by atoms with van der Waals surface area (Å²) in [5.41, 5.74) is 2.32. The van der Waals surface area contributed by atoms with Crippen LogP contribution in [-0.4, -0.2) is 22.5 Å². The van der Waals surface area contributed by atoms with Crippen LogP contribution >= 0.6 is 15.9 Å². The Morgan fingerprint density at radius 2 is 1.63 bits per heavy atom. The van der Waals surface area contributed by atoms with Crippen LogP contribution in [0.3, 0.4) is 0 Å². The number of nitrogens with zero attached hydrogens (tertiary/aromatic N) is 2. The Bertz CT molecular complexity index is 1330. The summed E-state index contributed by atoms with van der Waals surface area (Å²) >= 11 is 3.51. The van der Waals surface area contributed by atoms with E-state index in [1.807, 2.05) is 25.1 Å². The van der Waals surface area contributed by atoms with Gasteiger partial charge in [-0.05, 0) is 72.1 Å². The summed E-state index contributed by atoms with van der Waals surface area (Å²) in [6, 6.07) is 17.6. The molecule has 1 N–H and O–H groups in total. The van der Waals surface area contributed by atoms with E-state index in [2.05, 4.69) is 20.9 Å². The lowest BCUT2D eigenvalue weighted by Crippen LogP contribution is -2.16. The second-order valence-electron chi connectivity index (χ2n) is 7.78. The van der Waals surface area contributed by atoms with E-state index in [4.69, 9.17) is 0 Å². The molecular weight excluding hydrogens is 464 g/mol. The van der Waals surface area contributed by atoms with Crippen molar-refractivity contribution in [3.8, 4) is 11.3 Å². The van der Waals surface area contributed by atoms with Crippen molar-refractivity contribution >= 4 is 37.0 Å². The summed E-state index contributed by atoms with van der Waals surface area (Å²) < 4.78 is 29.3. The smallest absolute Gasteiger partial charge is 0.269 e. The lowest BCUT2D eigenvalue weighted by atomic mass is 9.97. The normalized spacial score (nSPS) is 12.4. The zero-order valence-electron chi connectivity index (χ0n) is 16.8. The van der Waals surface area contributed by atoms with Gasteiger partial charge in [0.05, 0.1) is 16.2 Å². The Morgan fingerprint density at radius 1 is 1.00 bits per heavy atom. The monoisotopic (exact) mass is 484 g/mol. The van der Waals surface area contributed by atoms with Gasteiger partial charge in [0.2, 0.25) is 0 Å². The summed E-state index contributed by atoms with van der Waals surface area (Å²) in [6.45, 7) is 5.33. The number of rotatable bonds is 4. The van der Waals surface area contributed by atoms with Crippen LogP contribution < -0.4 is 0 Å². The Balaban J connectivity index is 1.99. The Hall–Kier alpha value is -2.48. The first-order chi connectivity index (χ1) is 14.1. The van der Waals surface area contributed by atoms with Crippen molar-refractivity contribution in [2.75, 3.05) is 0 Å². The van der Waals surface area contributed by atoms with Crippen molar-refractivity contribution in [2.45, 2.75) is 31.3 Å². The highest BCUT2D eigenvalue weighted by molar-refractivity contribution is 9.10. The maximum Gasteiger partial charge on any atom is 0.269 e. The van der Waals surface area contributed by atoms with Gasteiger partial charge >= 0.3 is 0 Å². The molecule has 2 heterocycles. The zero-order valence-corrected chi connectivity index (χ0v) is 19.2. The fourth-order valence-electron chi connectivity index (χ4n) is 3.35. The fraction of sp³-hybridized carbons (Fsp3) is 0.174. The maximum absolute atomic E-state index is 13.6. The molecule has 0 atom stereocenters. The minimum absolute atomic E-state index is 0.196. The molecule has 4 aromatic rings. The number of fused-ring (bicyclic) bond motifs is 1. The van der Waals surface area contributed by atoms with Crippen LogP contribution in [0.1, 0.15) is 25.0 Å². The summed E-state index contributed by atoms with van der Waals surface area (Å²) in [7, 11) is -3.89. The number of benzene rings is 2. The fourth-order valence-corrected chi connectivity index (χ4v) is 5.24. The standard InChI is InChI=1S/C23H21BrN2O3S/c1-15-4-10-18(11-5-15)30(28,29)26-21(14-19-20(24)12-13-25-22(19)26)16-6-8-17(9-7-16)23(2,3)27/h4-14,27H,1-3H3. The second-order valence-corrected chi connectivity index (χ2v) is 10.4. The predicted octanol–water partition coefficient (Wildman–Crippen LogP) is 5.24. The van der Waals surface area contributed by atoms with Crippen LogP contribution in [0.4, 0.5) is 0 Å². The summed E-state index contributed by atoms with van der Waals surface area (Å²) in [5.74, 6) is 0. The van der Waals surface area contributed by atoms with Gasteiger partial charge in [-0.1, -0.05) is 42.0 Å². The molecule has 0 fully saturated rings. The first-order valence-corrected chi connectivity index (χ1v) is 11.6. The molecule has 0 unspecified atom stereocenters. The van der Waals surface area contributed by atoms with Crippen molar-refractivity contribution < 1.29 is 13.5 Å². The number of aryl methyl sites for hydroxylation is 1. The number of hydrogen-bond donors (Lipinski definition) is 1. The molecule has 0 saturated heterocycles. The molecule has 0 aliphatic carbocycles. The van der Waals surface area contributed by atoms with E-state index in [-0.39, 0.29) is 4.90 Å². The van der Waals surface area contributed by atoms with Crippen LogP contribution in [-0.2, 0) is 15.6 Å². The first kappa shape index (κ1) is 20.8. The van der Waals surface area contributed by atoms with Crippen LogP contribution in [0.5, 0.6) is 0 Å². The molecule has 2 aromatic heterocycles. The maximum atomic E-state index is 13.6. The lowest BCUT2D eigenvalue weighted by Gasteiger charge is -2.18. The van der Waals surface area contributed by atoms with Crippen molar-refractivity contribution in [3.05, 3.63) is 82.5 Å².